The van der Waals surface area contributed by atoms with Gasteiger partial charge in [-0.05, 0) is 41.8 Å². The summed E-state index contributed by atoms with van der Waals surface area (Å²) < 4.78 is 1.42. The van der Waals surface area contributed by atoms with Gasteiger partial charge in [0, 0.05) is 48.9 Å². The number of rotatable bonds is 6. The zero-order valence-electron chi connectivity index (χ0n) is 18.6. The number of hydrogen-bond donors (Lipinski definition) is 2. The first kappa shape index (κ1) is 22.6. The van der Waals surface area contributed by atoms with E-state index in [0.29, 0.717) is 47.0 Å². The van der Waals surface area contributed by atoms with Gasteiger partial charge in [-0.1, -0.05) is 29.8 Å². The number of aliphatic hydroxyl groups is 1. The molecule has 0 bridgehead atoms. The summed E-state index contributed by atoms with van der Waals surface area (Å²) in [4.78, 5) is 29.2. The molecule has 0 saturated heterocycles. The van der Waals surface area contributed by atoms with Crippen molar-refractivity contribution in [3.8, 4) is 11.3 Å². The molecule has 0 aliphatic carbocycles. The SMILES string of the molecule is O=C(O)Cn1nc(-c2cccc(Cl)c2)c2c1CCN(c1ccc3c(c1)CN(CCO)CC3)C2=O. The van der Waals surface area contributed by atoms with Gasteiger partial charge in [0.25, 0.3) is 5.91 Å². The highest BCUT2D eigenvalue weighted by Gasteiger charge is 2.34. The summed E-state index contributed by atoms with van der Waals surface area (Å²) in [5.74, 6) is -1.21. The lowest BCUT2D eigenvalue weighted by molar-refractivity contribution is -0.137. The fourth-order valence-electron chi connectivity index (χ4n) is 4.88. The second-order valence-corrected chi connectivity index (χ2v) is 9.08. The molecule has 34 heavy (non-hydrogen) atoms. The minimum Gasteiger partial charge on any atom is -0.480 e. The summed E-state index contributed by atoms with van der Waals surface area (Å²) in [5, 5.41) is 23.7. The number of carboxylic acid groups (broad SMARTS) is 1. The van der Waals surface area contributed by atoms with Crippen molar-refractivity contribution in [1.29, 1.82) is 0 Å². The van der Waals surface area contributed by atoms with E-state index in [4.69, 9.17) is 11.6 Å². The van der Waals surface area contributed by atoms with E-state index in [-0.39, 0.29) is 19.1 Å². The van der Waals surface area contributed by atoms with E-state index in [1.165, 1.54) is 10.2 Å². The van der Waals surface area contributed by atoms with Crippen LogP contribution < -0.4 is 4.90 Å². The molecule has 3 aromatic rings. The van der Waals surface area contributed by atoms with E-state index in [1.807, 2.05) is 12.1 Å². The van der Waals surface area contributed by atoms with Gasteiger partial charge in [0.05, 0.1) is 17.9 Å². The topological polar surface area (TPSA) is 98.9 Å². The Hall–Kier alpha value is -3.20. The molecule has 3 heterocycles. The molecule has 5 rings (SSSR count). The van der Waals surface area contributed by atoms with Crippen molar-refractivity contribution in [3.63, 3.8) is 0 Å². The number of β-amino-alcohol motifs (C(OH)–C–C–N with tert-alkyl or cyclic N) is 1. The number of hydrogen-bond acceptors (Lipinski definition) is 5. The molecule has 1 aromatic heterocycles. The van der Waals surface area contributed by atoms with Crippen LogP contribution in [0.25, 0.3) is 11.3 Å². The molecule has 0 spiro atoms. The number of aliphatic carboxylic acids is 1. The molecule has 9 heteroatoms. The van der Waals surface area contributed by atoms with Crippen molar-refractivity contribution in [2.45, 2.75) is 25.9 Å². The van der Waals surface area contributed by atoms with Crippen LogP contribution in [0, 0.1) is 0 Å². The molecule has 0 fully saturated rings. The van der Waals surface area contributed by atoms with Crippen LogP contribution in [0.3, 0.4) is 0 Å². The third kappa shape index (κ3) is 4.20. The van der Waals surface area contributed by atoms with Gasteiger partial charge in [-0.3, -0.25) is 19.2 Å². The average Bonchev–Trinajstić information content (AvgIpc) is 3.18. The van der Waals surface area contributed by atoms with Gasteiger partial charge >= 0.3 is 5.97 Å². The Labute approximate surface area is 202 Å². The summed E-state index contributed by atoms with van der Waals surface area (Å²) in [6, 6.07) is 13.2. The Bertz CT molecular complexity index is 1270. The number of carbonyl (C=O) groups excluding carboxylic acids is 1. The molecular formula is C25H25ClN4O4. The lowest BCUT2D eigenvalue weighted by atomic mass is 9.96. The molecular weight excluding hydrogens is 456 g/mol. The molecule has 2 aliphatic heterocycles. The molecule has 8 nitrogen and oxygen atoms in total. The number of fused-ring (bicyclic) bond motifs is 2. The first-order chi connectivity index (χ1) is 16.4. The Morgan fingerprint density at radius 1 is 1.09 bits per heavy atom. The van der Waals surface area contributed by atoms with E-state index in [1.54, 1.807) is 23.1 Å². The van der Waals surface area contributed by atoms with Gasteiger partial charge in [0.1, 0.15) is 12.2 Å². The van der Waals surface area contributed by atoms with E-state index in [2.05, 4.69) is 22.1 Å². The van der Waals surface area contributed by atoms with Crippen molar-refractivity contribution in [3.05, 3.63) is 69.9 Å². The van der Waals surface area contributed by atoms with E-state index >= 15 is 0 Å². The molecule has 2 aromatic carbocycles. The van der Waals surface area contributed by atoms with Crippen molar-refractivity contribution in [2.24, 2.45) is 0 Å². The number of aliphatic hydroxyl groups excluding tert-OH is 1. The summed E-state index contributed by atoms with van der Waals surface area (Å²) in [5.41, 5.74) is 5.40. The molecule has 2 aliphatic rings. The van der Waals surface area contributed by atoms with Crippen LogP contribution in [0.5, 0.6) is 0 Å². The smallest absolute Gasteiger partial charge is 0.325 e. The highest BCUT2D eigenvalue weighted by Crippen LogP contribution is 2.34. The Balaban J connectivity index is 1.53. The van der Waals surface area contributed by atoms with Gasteiger partial charge < -0.3 is 15.1 Å². The van der Waals surface area contributed by atoms with Gasteiger partial charge in [-0.15, -0.1) is 0 Å². The van der Waals surface area contributed by atoms with Crippen molar-refractivity contribution >= 4 is 29.2 Å². The van der Waals surface area contributed by atoms with E-state index < -0.39 is 5.97 Å². The lowest BCUT2D eigenvalue weighted by Gasteiger charge is -2.31. The molecule has 176 valence electrons. The third-order valence-electron chi connectivity index (χ3n) is 6.48. The van der Waals surface area contributed by atoms with Crippen LogP contribution >= 0.6 is 11.6 Å². The van der Waals surface area contributed by atoms with Crippen LogP contribution in [0.1, 0.15) is 27.2 Å². The van der Waals surface area contributed by atoms with Gasteiger partial charge in [0.15, 0.2) is 0 Å². The number of halogens is 1. The third-order valence-corrected chi connectivity index (χ3v) is 6.72. The first-order valence-corrected chi connectivity index (χ1v) is 11.7. The summed E-state index contributed by atoms with van der Waals surface area (Å²) in [7, 11) is 0. The monoisotopic (exact) mass is 480 g/mol. The van der Waals surface area contributed by atoms with Gasteiger partial charge in [-0.2, -0.15) is 5.10 Å². The minimum atomic E-state index is -1.01. The first-order valence-electron chi connectivity index (χ1n) is 11.3. The quantitative estimate of drug-likeness (QED) is 0.563. The fraction of sp³-hybridized carbons (Fsp3) is 0.320. The number of nitrogens with zero attached hydrogens (tertiary/aromatic N) is 4. The van der Waals surface area contributed by atoms with E-state index in [9.17, 15) is 19.8 Å². The maximum absolute atomic E-state index is 13.8. The number of aromatic nitrogens is 2. The molecule has 2 N–H and O–H groups in total. The largest absolute Gasteiger partial charge is 0.480 e. The summed E-state index contributed by atoms with van der Waals surface area (Å²) in [6.07, 6.45) is 1.41. The van der Waals surface area contributed by atoms with Crippen LogP contribution in [0.4, 0.5) is 5.69 Å². The molecule has 0 saturated carbocycles. The highest BCUT2D eigenvalue weighted by atomic mass is 35.5. The van der Waals surface area contributed by atoms with Crippen molar-refractivity contribution in [2.75, 3.05) is 31.1 Å². The molecule has 0 atom stereocenters. The van der Waals surface area contributed by atoms with Gasteiger partial charge in [0.2, 0.25) is 0 Å². The van der Waals surface area contributed by atoms with Crippen LogP contribution in [-0.2, 0) is 30.7 Å². The second kappa shape index (κ2) is 9.21. The van der Waals surface area contributed by atoms with Crippen LogP contribution in [-0.4, -0.2) is 63.0 Å². The Morgan fingerprint density at radius 2 is 1.94 bits per heavy atom. The lowest BCUT2D eigenvalue weighted by Crippen LogP contribution is -2.39. The van der Waals surface area contributed by atoms with E-state index in [0.717, 1.165) is 30.8 Å². The maximum atomic E-state index is 13.8. The highest BCUT2D eigenvalue weighted by molar-refractivity contribution is 6.30. The second-order valence-electron chi connectivity index (χ2n) is 8.64. The van der Waals surface area contributed by atoms with Crippen LogP contribution in [0.2, 0.25) is 5.02 Å². The number of anilines is 1. The maximum Gasteiger partial charge on any atom is 0.325 e. The summed E-state index contributed by atoms with van der Waals surface area (Å²) in [6.45, 7) is 2.52. The molecule has 0 radical (unpaired) electrons. The number of benzene rings is 2. The Kier molecular flexibility index (Phi) is 6.12. The van der Waals surface area contributed by atoms with Crippen LogP contribution in [0.15, 0.2) is 42.5 Å². The minimum absolute atomic E-state index is 0.120. The van der Waals surface area contributed by atoms with Crippen molar-refractivity contribution in [1.82, 2.24) is 14.7 Å². The zero-order chi connectivity index (χ0) is 23.8. The predicted octanol–water partition coefficient (Wildman–Crippen LogP) is 2.84. The zero-order valence-corrected chi connectivity index (χ0v) is 19.3. The Morgan fingerprint density at radius 3 is 2.71 bits per heavy atom. The number of carboxylic acids is 1. The van der Waals surface area contributed by atoms with Gasteiger partial charge in [-0.25, -0.2) is 0 Å². The standard InChI is InChI=1S/C25H25ClN4O4/c26-19-3-1-2-17(12-19)24-23-21(30(27-24)15-22(32)33)7-9-29(25(23)34)20-5-4-16-6-8-28(10-11-31)14-18(16)13-20/h1-5,12-13,31H,6-11,14-15H2,(H,32,33). The number of carbonyl (C=O) groups is 2. The predicted molar refractivity (Wildman–Crippen MR) is 128 cm³/mol. The van der Waals surface area contributed by atoms with Crippen molar-refractivity contribution < 1.29 is 19.8 Å². The molecule has 0 unspecified atom stereocenters. The fourth-order valence-corrected chi connectivity index (χ4v) is 5.07. The molecule has 1 amide bonds. The number of amides is 1. The normalized spacial score (nSPS) is 15.8. The summed E-state index contributed by atoms with van der Waals surface area (Å²) >= 11 is 6.19. The average molecular weight is 481 g/mol.